The predicted octanol–water partition coefficient (Wildman–Crippen LogP) is 6.27. The minimum absolute atomic E-state index is 0.164. The molecule has 4 nitrogen and oxygen atoms in total. The molecule has 0 bridgehead atoms. The monoisotopic (exact) mass is 413 g/mol. The number of nitrogens with zero attached hydrogens (tertiary/aromatic N) is 2. The summed E-state index contributed by atoms with van der Waals surface area (Å²) in [6.45, 7) is 2.55. The lowest BCUT2D eigenvalue weighted by molar-refractivity contribution is 0.0982. The van der Waals surface area contributed by atoms with E-state index in [1.807, 2.05) is 72.4 Å². The predicted molar refractivity (Wildman–Crippen MR) is 122 cm³/mol. The number of carbonyl (C=O) groups excluding carboxylic acids is 1. The zero-order valence-corrected chi connectivity index (χ0v) is 17.4. The zero-order valence-electron chi connectivity index (χ0n) is 17.4. The maximum absolute atomic E-state index is 13.4. The van der Waals surface area contributed by atoms with Crippen molar-refractivity contribution in [1.82, 2.24) is 9.78 Å². The molecule has 0 spiro atoms. The molecule has 0 atom stereocenters. The Kier molecular flexibility index (Phi) is 6.22. The van der Waals surface area contributed by atoms with E-state index < -0.39 is 0 Å². The zero-order chi connectivity index (χ0) is 21.6. The van der Waals surface area contributed by atoms with E-state index in [4.69, 9.17) is 5.10 Å². The first-order valence-corrected chi connectivity index (χ1v) is 10.4. The van der Waals surface area contributed by atoms with Gasteiger partial charge in [-0.3, -0.25) is 4.79 Å². The van der Waals surface area contributed by atoms with Gasteiger partial charge in [0, 0.05) is 41.5 Å². The molecule has 156 valence electrons. The van der Waals surface area contributed by atoms with Gasteiger partial charge in [-0.2, -0.15) is 5.10 Å². The first-order chi connectivity index (χ1) is 15.1. The minimum Gasteiger partial charge on any atom is -0.381 e. The highest BCUT2D eigenvalue weighted by molar-refractivity contribution is 5.96. The first kappa shape index (κ1) is 20.5. The van der Waals surface area contributed by atoms with Crippen molar-refractivity contribution < 1.29 is 9.18 Å². The molecule has 0 unspecified atom stereocenters. The molecule has 31 heavy (non-hydrogen) atoms. The summed E-state index contributed by atoms with van der Waals surface area (Å²) in [7, 11) is 0. The molecular formula is C26H24FN3O. The van der Waals surface area contributed by atoms with E-state index in [9.17, 15) is 9.18 Å². The quantitative estimate of drug-likeness (QED) is 0.346. The van der Waals surface area contributed by atoms with Crippen LogP contribution in [0.4, 0.5) is 10.1 Å². The van der Waals surface area contributed by atoms with Crippen LogP contribution < -0.4 is 5.32 Å². The Bertz CT molecular complexity index is 1150. The number of anilines is 1. The molecule has 1 heterocycles. The van der Waals surface area contributed by atoms with Gasteiger partial charge in [0.15, 0.2) is 5.78 Å². The number of Topliss-reactive ketones (excluding diaryl/α,β-unsaturated/α-hetero) is 1. The Morgan fingerprint density at radius 2 is 1.68 bits per heavy atom. The van der Waals surface area contributed by atoms with Gasteiger partial charge in [-0.05, 0) is 67.1 Å². The maximum Gasteiger partial charge on any atom is 0.162 e. The van der Waals surface area contributed by atoms with Crippen LogP contribution in [-0.4, -0.2) is 15.6 Å². The van der Waals surface area contributed by atoms with Crippen LogP contribution >= 0.6 is 0 Å². The van der Waals surface area contributed by atoms with Crippen molar-refractivity contribution in [3.05, 3.63) is 102 Å². The molecule has 4 rings (SSSR count). The third-order valence-electron chi connectivity index (χ3n) is 5.10. The number of rotatable bonds is 8. The topological polar surface area (TPSA) is 46.9 Å². The van der Waals surface area contributed by atoms with E-state index in [2.05, 4.69) is 5.32 Å². The molecule has 0 radical (unpaired) electrons. The lowest BCUT2D eigenvalue weighted by atomic mass is 10.1. The molecule has 0 saturated carbocycles. The van der Waals surface area contributed by atoms with Gasteiger partial charge in [0.25, 0.3) is 0 Å². The lowest BCUT2D eigenvalue weighted by Crippen LogP contribution is -2.02. The first-order valence-electron chi connectivity index (χ1n) is 10.4. The Hall–Kier alpha value is -3.73. The van der Waals surface area contributed by atoms with Crippen LogP contribution in [0.15, 0.2) is 85.1 Å². The van der Waals surface area contributed by atoms with Crippen LogP contribution in [-0.2, 0) is 6.54 Å². The van der Waals surface area contributed by atoms with Crippen molar-refractivity contribution in [2.24, 2.45) is 0 Å². The molecule has 1 aromatic heterocycles. The van der Waals surface area contributed by atoms with Gasteiger partial charge in [-0.15, -0.1) is 0 Å². The van der Waals surface area contributed by atoms with Crippen LogP contribution in [0.1, 0.15) is 35.7 Å². The Morgan fingerprint density at radius 3 is 2.35 bits per heavy atom. The van der Waals surface area contributed by atoms with E-state index in [0.29, 0.717) is 13.0 Å². The number of nitrogens with one attached hydrogen (secondary N) is 1. The number of ketones is 1. The largest absolute Gasteiger partial charge is 0.381 e. The van der Waals surface area contributed by atoms with Gasteiger partial charge in [0.1, 0.15) is 5.82 Å². The Balaban J connectivity index is 1.58. The molecular weight excluding hydrogens is 389 g/mol. The molecule has 0 amide bonds. The van der Waals surface area contributed by atoms with Crippen LogP contribution in [0.25, 0.3) is 16.9 Å². The molecule has 3 aromatic carbocycles. The van der Waals surface area contributed by atoms with Crippen molar-refractivity contribution >= 4 is 11.5 Å². The fourth-order valence-electron chi connectivity index (χ4n) is 3.45. The van der Waals surface area contributed by atoms with Crippen LogP contribution in [0.3, 0.4) is 0 Å². The van der Waals surface area contributed by atoms with E-state index in [1.54, 1.807) is 12.1 Å². The van der Waals surface area contributed by atoms with Gasteiger partial charge < -0.3 is 5.32 Å². The summed E-state index contributed by atoms with van der Waals surface area (Å²) < 4.78 is 15.3. The van der Waals surface area contributed by atoms with E-state index >= 15 is 0 Å². The minimum atomic E-state index is -0.274. The fraction of sp³-hybridized carbons (Fsp3) is 0.154. The number of hydrogen-bond donors (Lipinski definition) is 1. The SMILES string of the molecule is CCCC(=O)c1ccc(NCc2cn(-c3ccccc3)nc2-c2ccc(F)cc2)cc1. The van der Waals surface area contributed by atoms with Crippen molar-refractivity contribution in [2.75, 3.05) is 5.32 Å². The highest BCUT2D eigenvalue weighted by atomic mass is 19.1. The number of halogens is 1. The summed E-state index contributed by atoms with van der Waals surface area (Å²) in [6, 6.07) is 23.8. The number of carbonyl (C=O) groups is 1. The third kappa shape index (κ3) is 4.89. The van der Waals surface area contributed by atoms with E-state index in [1.165, 1.54) is 12.1 Å². The summed E-state index contributed by atoms with van der Waals surface area (Å²) in [4.78, 5) is 12.0. The average Bonchev–Trinajstić information content (AvgIpc) is 3.23. The highest BCUT2D eigenvalue weighted by Crippen LogP contribution is 2.25. The number of hydrogen-bond acceptors (Lipinski definition) is 3. The second-order valence-corrected chi connectivity index (χ2v) is 7.39. The summed E-state index contributed by atoms with van der Waals surface area (Å²) >= 11 is 0. The van der Waals surface area contributed by atoms with E-state index in [0.717, 1.165) is 40.2 Å². The van der Waals surface area contributed by atoms with Gasteiger partial charge in [-0.1, -0.05) is 25.1 Å². The molecule has 0 aliphatic carbocycles. The number of benzene rings is 3. The highest BCUT2D eigenvalue weighted by Gasteiger charge is 2.13. The van der Waals surface area contributed by atoms with Crippen LogP contribution in [0.2, 0.25) is 0 Å². The summed E-state index contributed by atoms with van der Waals surface area (Å²) in [5.41, 5.74) is 5.25. The molecule has 4 aromatic rings. The molecule has 5 heteroatoms. The van der Waals surface area contributed by atoms with Crippen molar-refractivity contribution in [3.8, 4) is 16.9 Å². The summed E-state index contributed by atoms with van der Waals surface area (Å²) in [6.07, 6.45) is 3.39. The van der Waals surface area contributed by atoms with Gasteiger partial charge >= 0.3 is 0 Å². The Morgan fingerprint density at radius 1 is 0.968 bits per heavy atom. The lowest BCUT2D eigenvalue weighted by Gasteiger charge is -2.08. The molecule has 0 aliphatic heterocycles. The normalized spacial score (nSPS) is 10.8. The molecule has 0 fully saturated rings. The summed E-state index contributed by atoms with van der Waals surface area (Å²) in [5, 5.41) is 8.17. The van der Waals surface area contributed by atoms with Crippen molar-refractivity contribution in [1.29, 1.82) is 0 Å². The van der Waals surface area contributed by atoms with Gasteiger partial charge in [0.2, 0.25) is 0 Å². The second kappa shape index (κ2) is 9.39. The third-order valence-corrected chi connectivity index (χ3v) is 5.10. The molecule has 1 N–H and O–H groups in total. The average molecular weight is 413 g/mol. The molecule has 0 aliphatic rings. The van der Waals surface area contributed by atoms with Crippen molar-refractivity contribution in [3.63, 3.8) is 0 Å². The van der Waals surface area contributed by atoms with Crippen LogP contribution in [0, 0.1) is 5.82 Å². The summed E-state index contributed by atoms with van der Waals surface area (Å²) in [5.74, 6) is -0.111. The fourth-order valence-corrected chi connectivity index (χ4v) is 3.45. The smallest absolute Gasteiger partial charge is 0.162 e. The molecule has 0 saturated heterocycles. The number of aromatic nitrogens is 2. The van der Waals surface area contributed by atoms with Crippen molar-refractivity contribution in [2.45, 2.75) is 26.3 Å². The second-order valence-electron chi connectivity index (χ2n) is 7.39. The van der Waals surface area contributed by atoms with Gasteiger partial charge in [0.05, 0.1) is 11.4 Å². The van der Waals surface area contributed by atoms with Crippen LogP contribution in [0.5, 0.6) is 0 Å². The standard InChI is InChI=1S/C26H24FN3O/c1-2-6-25(31)19-11-15-23(16-12-19)28-17-21-18-30(24-7-4-3-5-8-24)29-26(21)20-9-13-22(27)14-10-20/h3-5,7-16,18,28H,2,6,17H2,1H3. The number of para-hydroxylation sites is 1. The van der Waals surface area contributed by atoms with Gasteiger partial charge in [-0.25, -0.2) is 9.07 Å². The maximum atomic E-state index is 13.4. The van der Waals surface area contributed by atoms with E-state index in [-0.39, 0.29) is 11.6 Å². The Labute approximate surface area is 181 Å².